The Labute approximate surface area is 135 Å². The third kappa shape index (κ3) is 3.94. The van der Waals surface area contributed by atoms with Crippen LogP contribution < -0.4 is 11.3 Å². The van der Waals surface area contributed by atoms with Crippen LogP contribution in [0.4, 0.5) is 0 Å². The summed E-state index contributed by atoms with van der Waals surface area (Å²) in [6, 6.07) is 14.9. The van der Waals surface area contributed by atoms with Crippen LogP contribution in [0.5, 0.6) is 0 Å². The second-order valence-corrected chi connectivity index (χ2v) is 6.75. The maximum atomic E-state index is 5.84. The first-order valence-corrected chi connectivity index (χ1v) is 8.12. The molecule has 2 nitrogen and oxygen atoms in total. The second-order valence-electron chi connectivity index (χ2n) is 5.90. The smallest absolute Gasteiger partial charge is 0.0713 e. The van der Waals surface area contributed by atoms with E-state index in [1.807, 2.05) is 0 Å². The number of rotatable bonds is 5. The van der Waals surface area contributed by atoms with Crippen molar-refractivity contribution in [2.24, 2.45) is 11.8 Å². The van der Waals surface area contributed by atoms with E-state index < -0.39 is 0 Å². The first-order chi connectivity index (χ1) is 10.0. The molecular weight excluding hydrogens is 324 g/mol. The summed E-state index contributed by atoms with van der Waals surface area (Å²) >= 11 is 3.59. The van der Waals surface area contributed by atoms with Crippen LogP contribution in [0.1, 0.15) is 42.1 Å². The summed E-state index contributed by atoms with van der Waals surface area (Å²) in [7, 11) is 0. The molecule has 1 unspecified atom stereocenters. The third-order valence-corrected chi connectivity index (χ3v) is 4.57. The molecule has 3 heteroatoms. The Morgan fingerprint density at radius 3 is 2.52 bits per heavy atom. The summed E-state index contributed by atoms with van der Waals surface area (Å²) in [5.74, 6) is 6.49. The van der Waals surface area contributed by atoms with Gasteiger partial charge in [-0.3, -0.25) is 5.84 Å². The summed E-state index contributed by atoms with van der Waals surface area (Å²) in [5.41, 5.74) is 7.94. The Morgan fingerprint density at radius 2 is 1.86 bits per heavy atom. The van der Waals surface area contributed by atoms with Crippen LogP contribution in [0.2, 0.25) is 0 Å². The second kappa shape index (κ2) is 7.21. The third-order valence-electron chi connectivity index (χ3n) is 3.72. The van der Waals surface area contributed by atoms with Crippen LogP contribution in [-0.4, -0.2) is 0 Å². The van der Waals surface area contributed by atoms with Gasteiger partial charge in [-0.05, 0) is 47.6 Å². The molecule has 0 radical (unpaired) electrons. The molecule has 2 rings (SSSR count). The molecule has 3 N–H and O–H groups in total. The lowest BCUT2D eigenvalue weighted by molar-refractivity contribution is 0.625. The highest BCUT2D eigenvalue weighted by Gasteiger charge is 2.16. The standard InChI is InChI=1S/C18H23BrN2/c1-12(2)10-14-6-4-7-15(11-14)18(21-20)16-8-5-9-17(19)13(16)3/h4-9,11-12,18,21H,10,20H2,1-3H3. The van der Waals surface area contributed by atoms with Gasteiger partial charge in [-0.15, -0.1) is 0 Å². The van der Waals surface area contributed by atoms with Gasteiger partial charge in [0.15, 0.2) is 0 Å². The number of halogens is 1. The van der Waals surface area contributed by atoms with Gasteiger partial charge in [0.25, 0.3) is 0 Å². The maximum Gasteiger partial charge on any atom is 0.0713 e. The molecule has 1 atom stereocenters. The molecule has 0 bridgehead atoms. The van der Waals surface area contributed by atoms with Gasteiger partial charge in [0.2, 0.25) is 0 Å². The molecule has 0 aromatic heterocycles. The van der Waals surface area contributed by atoms with Crippen molar-refractivity contribution in [2.45, 2.75) is 33.2 Å². The number of hydrogen-bond acceptors (Lipinski definition) is 2. The van der Waals surface area contributed by atoms with E-state index in [-0.39, 0.29) is 6.04 Å². The Morgan fingerprint density at radius 1 is 1.14 bits per heavy atom. The number of hydrogen-bond donors (Lipinski definition) is 2. The molecule has 0 aliphatic rings. The minimum absolute atomic E-state index is 0.00890. The molecule has 2 aromatic carbocycles. The average molecular weight is 347 g/mol. The minimum atomic E-state index is 0.00890. The van der Waals surface area contributed by atoms with Crippen molar-refractivity contribution in [1.29, 1.82) is 0 Å². The molecule has 0 heterocycles. The molecule has 0 spiro atoms. The van der Waals surface area contributed by atoms with Crippen molar-refractivity contribution in [2.75, 3.05) is 0 Å². The van der Waals surface area contributed by atoms with Crippen molar-refractivity contribution < 1.29 is 0 Å². The van der Waals surface area contributed by atoms with Crippen molar-refractivity contribution in [1.82, 2.24) is 5.43 Å². The first-order valence-electron chi connectivity index (χ1n) is 7.33. The molecule has 112 valence electrons. The van der Waals surface area contributed by atoms with E-state index in [2.05, 4.69) is 84.6 Å². The zero-order valence-electron chi connectivity index (χ0n) is 12.9. The van der Waals surface area contributed by atoms with Crippen LogP contribution in [0.25, 0.3) is 0 Å². The van der Waals surface area contributed by atoms with Crippen LogP contribution in [-0.2, 0) is 6.42 Å². The molecule has 0 amide bonds. The summed E-state index contributed by atoms with van der Waals surface area (Å²) in [4.78, 5) is 0. The molecule has 0 aliphatic heterocycles. The Balaban J connectivity index is 2.39. The van der Waals surface area contributed by atoms with Gasteiger partial charge in [0.05, 0.1) is 6.04 Å². The lowest BCUT2D eigenvalue weighted by Gasteiger charge is -2.20. The highest BCUT2D eigenvalue weighted by Crippen LogP contribution is 2.29. The largest absolute Gasteiger partial charge is 0.271 e. The van der Waals surface area contributed by atoms with Gasteiger partial charge in [0.1, 0.15) is 0 Å². The lowest BCUT2D eigenvalue weighted by Crippen LogP contribution is -2.29. The fourth-order valence-electron chi connectivity index (χ4n) is 2.67. The number of benzene rings is 2. The molecule has 2 aromatic rings. The van der Waals surface area contributed by atoms with Crippen molar-refractivity contribution in [3.63, 3.8) is 0 Å². The quantitative estimate of drug-likeness (QED) is 0.617. The molecule has 0 aliphatic carbocycles. The van der Waals surface area contributed by atoms with Gasteiger partial charge < -0.3 is 0 Å². The van der Waals surface area contributed by atoms with E-state index in [0.29, 0.717) is 5.92 Å². The topological polar surface area (TPSA) is 38.0 Å². The number of hydrazine groups is 1. The molecule has 0 fully saturated rings. The predicted molar refractivity (Wildman–Crippen MR) is 93.0 cm³/mol. The van der Waals surface area contributed by atoms with Gasteiger partial charge >= 0.3 is 0 Å². The van der Waals surface area contributed by atoms with E-state index in [1.165, 1.54) is 22.3 Å². The van der Waals surface area contributed by atoms with E-state index in [4.69, 9.17) is 5.84 Å². The molecule has 0 saturated heterocycles. The van der Waals surface area contributed by atoms with E-state index in [1.54, 1.807) is 0 Å². The van der Waals surface area contributed by atoms with Crippen LogP contribution >= 0.6 is 15.9 Å². The molecule has 0 saturated carbocycles. The summed E-state index contributed by atoms with van der Waals surface area (Å²) in [5, 5.41) is 0. The number of nitrogens with one attached hydrogen (secondary N) is 1. The van der Waals surface area contributed by atoms with Crippen LogP contribution in [0.15, 0.2) is 46.9 Å². The predicted octanol–water partition coefficient (Wildman–Crippen LogP) is 4.51. The number of nitrogens with two attached hydrogens (primary N) is 1. The lowest BCUT2D eigenvalue weighted by atomic mass is 9.93. The summed E-state index contributed by atoms with van der Waals surface area (Å²) in [6.07, 6.45) is 1.09. The van der Waals surface area contributed by atoms with E-state index in [0.717, 1.165) is 10.9 Å². The SMILES string of the molecule is Cc1c(Br)cccc1C(NN)c1cccc(CC(C)C)c1. The van der Waals surface area contributed by atoms with Crippen molar-refractivity contribution >= 4 is 15.9 Å². The maximum absolute atomic E-state index is 5.84. The molecule has 21 heavy (non-hydrogen) atoms. The first kappa shape index (κ1) is 16.2. The van der Waals surface area contributed by atoms with Gasteiger partial charge in [-0.25, -0.2) is 5.43 Å². The van der Waals surface area contributed by atoms with Crippen LogP contribution in [0.3, 0.4) is 0 Å². The van der Waals surface area contributed by atoms with E-state index in [9.17, 15) is 0 Å². The fraction of sp³-hybridized carbons (Fsp3) is 0.333. The summed E-state index contributed by atoms with van der Waals surface area (Å²) in [6.45, 7) is 6.59. The van der Waals surface area contributed by atoms with E-state index >= 15 is 0 Å². The van der Waals surface area contributed by atoms with Crippen LogP contribution in [0, 0.1) is 12.8 Å². The van der Waals surface area contributed by atoms with Crippen molar-refractivity contribution in [3.8, 4) is 0 Å². The average Bonchev–Trinajstić information content (AvgIpc) is 2.44. The highest BCUT2D eigenvalue weighted by molar-refractivity contribution is 9.10. The van der Waals surface area contributed by atoms with Gasteiger partial charge in [0, 0.05) is 4.47 Å². The Hall–Kier alpha value is -1.16. The van der Waals surface area contributed by atoms with Gasteiger partial charge in [-0.1, -0.05) is 66.2 Å². The van der Waals surface area contributed by atoms with Crippen molar-refractivity contribution in [3.05, 3.63) is 69.2 Å². The zero-order chi connectivity index (χ0) is 15.4. The normalized spacial score (nSPS) is 12.7. The summed E-state index contributed by atoms with van der Waals surface area (Å²) < 4.78 is 1.11. The fourth-order valence-corrected chi connectivity index (χ4v) is 3.06. The minimum Gasteiger partial charge on any atom is -0.271 e. The Kier molecular flexibility index (Phi) is 5.57. The molecular formula is C18H23BrN2. The van der Waals surface area contributed by atoms with Gasteiger partial charge in [-0.2, -0.15) is 0 Å². The zero-order valence-corrected chi connectivity index (χ0v) is 14.4. The monoisotopic (exact) mass is 346 g/mol. The highest BCUT2D eigenvalue weighted by atomic mass is 79.9. The Bertz CT molecular complexity index is 608.